The summed E-state index contributed by atoms with van der Waals surface area (Å²) in [4.78, 5) is 39.2. The number of nitrogens with zero attached hydrogens (tertiary/aromatic N) is 4. The minimum absolute atomic E-state index is 0.0511. The van der Waals surface area contributed by atoms with Crippen molar-refractivity contribution in [2.75, 3.05) is 37.6 Å². The molecule has 0 aliphatic carbocycles. The van der Waals surface area contributed by atoms with E-state index in [4.69, 9.17) is 0 Å². The molecule has 1 unspecified atom stereocenters. The Balaban J connectivity index is 1.22. The van der Waals surface area contributed by atoms with Crippen molar-refractivity contribution in [1.82, 2.24) is 19.8 Å². The van der Waals surface area contributed by atoms with E-state index in [9.17, 15) is 9.59 Å². The number of rotatable bonds is 3. The highest BCUT2D eigenvalue weighted by atomic mass is 16.2. The van der Waals surface area contributed by atoms with Crippen LogP contribution in [0.4, 0.5) is 5.69 Å². The number of carbonyl (C=O) groups is 2. The molecule has 1 aromatic carbocycles. The molecule has 29 heavy (non-hydrogen) atoms. The normalized spacial score (nSPS) is 20.6. The Morgan fingerprint density at radius 1 is 0.966 bits per heavy atom. The van der Waals surface area contributed by atoms with Crippen molar-refractivity contribution < 1.29 is 9.59 Å². The van der Waals surface area contributed by atoms with Crippen LogP contribution in [0.5, 0.6) is 0 Å². The predicted octanol–water partition coefficient (Wildman–Crippen LogP) is 2.13. The zero-order chi connectivity index (χ0) is 19.8. The maximum atomic E-state index is 12.9. The fourth-order valence-electron chi connectivity index (χ4n) is 4.32. The lowest BCUT2D eigenvalue weighted by Crippen LogP contribution is -2.54. The van der Waals surface area contributed by atoms with Crippen molar-refractivity contribution in [2.24, 2.45) is 0 Å². The lowest BCUT2D eigenvalue weighted by Gasteiger charge is -2.37. The van der Waals surface area contributed by atoms with Gasteiger partial charge in [-0.3, -0.25) is 14.5 Å². The van der Waals surface area contributed by atoms with E-state index in [0.29, 0.717) is 31.9 Å². The molecule has 5 rings (SSSR count). The number of benzene rings is 1. The number of para-hydroxylation sites is 1. The summed E-state index contributed by atoms with van der Waals surface area (Å²) in [5.41, 5.74) is 2.15. The van der Waals surface area contributed by atoms with Gasteiger partial charge in [0.2, 0.25) is 5.91 Å². The molecule has 0 radical (unpaired) electrons. The van der Waals surface area contributed by atoms with Gasteiger partial charge in [0, 0.05) is 50.0 Å². The first kappa shape index (κ1) is 17.9. The molecule has 1 N–H and O–H groups in total. The van der Waals surface area contributed by atoms with Crippen molar-refractivity contribution >= 4 is 28.5 Å². The molecule has 0 spiro atoms. The molecule has 2 saturated heterocycles. The van der Waals surface area contributed by atoms with Crippen molar-refractivity contribution in [2.45, 2.75) is 12.5 Å². The molecular formula is C22H23N5O2. The van der Waals surface area contributed by atoms with Gasteiger partial charge in [0.15, 0.2) is 0 Å². The third-order valence-corrected chi connectivity index (χ3v) is 5.92. The lowest BCUT2D eigenvalue weighted by atomic mass is 10.1. The van der Waals surface area contributed by atoms with Crippen LogP contribution in [0.15, 0.2) is 54.7 Å². The first-order valence-corrected chi connectivity index (χ1v) is 10.0. The fourth-order valence-corrected chi connectivity index (χ4v) is 4.32. The summed E-state index contributed by atoms with van der Waals surface area (Å²) in [6.07, 6.45) is 2.65. The van der Waals surface area contributed by atoms with Crippen LogP contribution in [-0.4, -0.2) is 70.3 Å². The number of amides is 2. The van der Waals surface area contributed by atoms with Crippen LogP contribution < -0.4 is 4.90 Å². The average Bonchev–Trinajstić information content (AvgIpc) is 3.40. The number of hydrogen-bond donors (Lipinski definition) is 1. The quantitative estimate of drug-likeness (QED) is 0.745. The van der Waals surface area contributed by atoms with E-state index in [1.54, 1.807) is 6.07 Å². The van der Waals surface area contributed by atoms with E-state index >= 15 is 0 Å². The van der Waals surface area contributed by atoms with E-state index in [0.717, 1.165) is 29.7 Å². The van der Waals surface area contributed by atoms with Gasteiger partial charge in [0.1, 0.15) is 11.3 Å². The topological polar surface area (TPSA) is 72.5 Å². The van der Waals surface area contributed by atoms with Crippen LogP contribution >= 0.6 is 0 Å². The largest absolute Gasteiger partial charge is 0.346 e. The van der Waals surface area contributed by atoms with Crippen molar-refractivity contribution in [1.29, 1.82) is 0 Å². The van der Waals surface area contributed by atoms with Gasteiger partial charge in [-0.2, -0.15) is 0 Å². The molecule has 2 aliphatic rings. The highest BCUT2D eigenvalue weighted by Gasteiger charge is 2.38. The van der Waals surface area contributed by atoms with Gasteiger partial charge in [-0.1, -0.05) is 18.2 Å². The molecule has 7 nitrogen and oxygen atoms in total. The predicted molar refractivity (Wildman–Crippen MR) is 111 cm³/mol. The summed E-state index contributed by atoms with van der Waals surface area (Å²) >= 11 is 0. The van der Waals surface area contributed by atoms with Gasteiger partial charge in [-0.05, 0) is 36.8 Å². The Morgan fingerprint density at radius 2 is 1.76 bits per heavy atom. The van der Waals surface area contributed by atoms with Crippen molar-refractivity contribution in [3.05, 3.63) is 60.4 Å². The summed E-state index contributed by atoms with van der Waals surface area (Å²) < 4.78 is 0. The third kappa shape index (κ3) is 3.27. The number of carbonyl (C=O) groups excluding carboxylic acids is 2. The first-order chi connectivity index (χ1) is 14.2. The van der Waals surface area contributed by atoms with Crippen LogP contribution in [-0.2, 0) is 4.79 Å². The minimum atomic E-state index is -0.0964. The smallest absolute Gasteiger partial charge is 0.272 e. The zero-order valence-electron chi connectivity index (χ0n) is 16.1. The van der Waals surface area contributed by atoms with E-state index in [1.807, 2.05) is 58.5 Å². The molecule has 0 saturated carbocycles. The molecule has 2 fully saturated rings. The molecular weight excluding hydrogens is 366 g/mol. The number of fused-ring (bicyclic) bond motifs is 1. The number of pyridine rings is 1. The molecule has 4 heterocycles. The number of nitrogens with one attached hydrogen (secondary N) is 1. The number of H-pyrrole nitrogens is 1. The van der Waals surface area contributed by atoms with E-state index < -0.39 is 0 Å². The Hall–Kier alpha value is -3.19. The molecule has 0 bridgehead atoms. The van der Waals surface area contributed by atoms with E-state index in [-0.39, 0.29) is 17.9 Å². The maximum Gasteiger partial charge on any atom is 0.272 e. The summed E-state index contributed by atoms with van der Waals surface area (Å²) in [5, 5.41) is 0.995. The summed E-state index contributed by atoms with van der Waals surface area (Å²) in [6, 6.07) is 15.4. The van der Waals surface area contributed by atoms with Gasteiger partial charge in [-0.25, -0.2) is 4.98 Å². The van der Waals surface area contributed by atoms with Crippen LogP contribution in [0.2, 0.25) is 0 Å². The van der Waals surface area contributed by atoms with Gasteiger partial charge in [0.25, 0.3) is 5.91 Å². The van der Waals surface area contributed by atoms with Crippen molar-refractivity contribution in [3.8, 4) is 0 Å². The Bertz CT molecular complexity index is 1040. The molecule has 1 atom stereocenters. The molecule has 2 amide bonds. The van der Waals surface area contributed by atoms with E-state index in [2.05, 4.69) is 14.9 Å². The number of hydrogen-bond acceptors (Lipinski definition) is 4. The van der Waals surface area contributed by atoms with E-state index in [1.165, 1.54) is 0 Å². The zero-order valence-corrected chi connectivity index (χ0v) is 16.1. The molecule has 2 aliphatic heterocycles. The monoisotopic (exact) mass is 389 g/mol. The third-order valence-electron chi connectivity index (χ3n) is 5.92. The number of anilines is 1. The maximum absolute atomic E-state index is 12.9. The Kier molecular flexibility index (Phi) is 4.52. The van der Waals surface area contributed by atoms with Crippen LogP contribution in [0.1, 0.15) is 16.9 Å². The molecule has 148 valence electrons. The first-order valence-electron chi connectivity index (χ1n) is 10.0. The SMILES string of the molecule is O=C(c1ccc2cc[nH]c2n1)N1CCN(C2CCN(c3ccccc3)C2=O)CC1. The Labute approximate surface area is 168 Å². The number of piperazine rings is 1. The standard InChI is InChI=1S/C22H23N5O2/c28-21(18-7-6-16-8-10-23-20(16)24-18)26-14-12-25(13-15-26)19-9-11-27(22(19)29)17-4-2-1-3-5-17/h1-8,10,19H,9,11-15H2,(H,23,24). The van der Waals surface area contributed by atoms with Gasteiger partial charge < -0.3 is 14.8 Å². The van der Waals surface area contributed by atoms with Gasteiger partial charge >= 0.3 is 0 Å². The summed E-state index contributed by atoms with van der Waals surface area (Å²) in [6.45, 7) is 3.37. The fraction of sp³-hybridized carbons (Fsp3) is 0.318. The molecule has 2 aromatic heterocycles. The van der Waals surface area contributed by atoms with Crippen LogP contribution in [0.3, 0.4) is 0 Å². The Morgan fingerprint density at radius 3 is 2.55 bits per heavy atom. The molecule has 3 aromatic rings. The molecule has 7 heteroatoms. The highest BCUT2D eigenvalue weighted by Crippen LogP contribution is 2.25. The van der Waals surface area contributed by atoms with Crippen LogP contribution in [0.25, 0.3) is 11.0 Å². The summed E-state index contributed by atoms with van der Waals surface area (Å²) in [7, 11) is 0. The van der Waals surface area contributed by atoms with Crippen LogP contribution in [0, 0.1) is 0 Å². The number of aromatic nitrogens is 2. The van der Waals surface area contributed by atoms with Gasteiger partial charge in [-0.15, -0.1) is 0 Å². The summed E-state index contributed by atoms with van der Waals surface area (Å²) in [5.74, 6) is 0.111. The second kappa shape index (κ2) is 7.33. The van der Waals surface area contributed by atoms with Gasteiger partial charge in [0.05, 0.1) is 6.04 Å². The second-order valence-corrected chi connectivity index (χ2v) is 7.57. The number of aromatic amines is 1. The minimum Gasteiger partial charge on any atom is -0.346 e. The highest BCUT2D eigenvalue weighted by molar-refractivity contribution is 5.99. The lowest BCUT2D eigenvalue weighted by molar-refractivity contribution is -0.122. The average molecular weight is 389 g/mol. The van der Waals surface area contributed by atoms with Crippen molar-refractivity contribution in [3.63, 3.8) is 0 Å². The second-order valence-electron chi connectivity index (χ2n) is 7.57.